The molecule has 14 heteroatoms. The number of carbonyl (C=O) groups is 1. The predicted octanol–water partition coefficient (Wildman–Crippen LogP) is 6.74. The van der Waals surface area contributed by atoms with Crippen LogP contribution in [-0.2, 0) is 14.8 Å². The molecule has 46 heavy (non-hydrogen) atoms. The summed E-state index contributed by atoms with van der Waals surface area (Å²) in [5, 5.41) is 3.28. The number of rotatable bonds is 9. The molecule has 1 aliphatic heterocycles. The van der Waals surface area contributed by atoms with Crippen molar-refractivity contribution in [2.75, 3.05) is 28.9 Å². The molecule has 2 fully saturated rings. The van der Waals surface area contributed by atoms with Gasteiger partial charge in [-0.15, -0.1) is 0 Å². The number of nitrogens with one attached hydrogen (secondary N) is 2. The Labute approximate surface area is 268 Å². The van der Waals surface area contributed by atoms with Crippen LogP contribution >= 0.6 is 0 Å². The Bertz CT molecular complexity index is 1650. The lowest BCUT2D eigenvalue weighted by molar-refractivity contribution is 0.0206. The number of ether oxygens (including phenoxy) is 2. The third kappa shape index (κ3) is 8.80. The molecule has 0 radical (unpaired) electrons. The van der Waals surface area contributed by atoms with Crippen molar-refractivity contribution in [1.82, 2.24) is 19.9 Å². The summed E-state index contributed by atoms with van der Waals surface area (Å²) in [6, 6.07) is 7.12. The smallest absolute Gasteiger partial charge is 0.410 e. The molecule has 1 atom stereocenters. The number of carbonyl (C=O) groups excluding carboxylic acids is 1. The molecule has 248 valence electrons. The molecular formula is C32H40F2N6O5S. The van der Waals surface area contributed by atoms with E-state index in [0.717, 1.165) is 57.1 Å². The van der Waals surface area contributed by atoms with E-state index in [-0.39, 0.29) is 29.7 Å². The van der Waals surface area contributed by atoms with E-state index in [1.807, 2.05) is 20.8 Å². The summed E-state index contributed by atoms with van der Waals surface area (Å²) in [5.41, 5.74) is -0.278. The minimum atomic E-state index is -3.87. The molecule has 3 aromatic rings. The van der Waals surface area contributed by atoms with Crippen LogP contribution in [0.1, 0.15) is 65.7 Å². The quantitative estimate of drug-likeness (QED) is 0.256. The van der Waals surface area contributed by atoms with Gasteiger partial charge in [0.2, 0.25) is 27.7 Å². The first-order valence-corrected chi connectivity index (χ1v) is 17.2. The Kier molecular flexibility index (Phi) is 10.2. The molecular weight excluding hydrogens is 618 g/mol. The summed E-state index contributed by atoms with van der Waals surface area (Å²) in [6.07, 6.45) is 8.79. The van der Waals surface area contributed by atoms with Crippen molar-refractivity contribution in [3.05, 3.63) is 54.4 Å². The SMILES string of the molecule is CC(C)(C)OC(=O)N1CCCC(Nc2nccc(-c3cccnc3Oc3ccc(NS(=O)(=O)CC4CCCCC4)c(F)c3F)n2)C1. The number of sulfonamides is 1. The van der Waals surface area contributed by atoms with Crippen LogP contribution in [0.15, 0.2) is 42.7 Å². The first kappa shape index (κ1) is 33.3. The second-order valence-corrected chi connectivity index (χ2v) is 14.5. The van der Waals surface area contributed by atoms with Gasteiger partial charge in [-0.3, -0.25) is 4.72 Å². The number of benzene rings is 1. The Morgan fingerprint density at radius 2 is 1.78 bits per heavy atom. The highest BCUT2D eigenvalue weighted by molar-refractivity contribution is 7.92. The average molecular weight is 659 g/mol. The van der Waals surface area contributed by atoms with Crippen molar-refractivity contribution in [2.24, 2.45) is 5.92 Å². The van der Waals surface area contributed by atoms with Gasteiger partial charge < -0.3 is 19.7 Å². The van der Waals surface area contributed by atoms with Crippen molar-refractivity contribution >= 4 is 27.8 Å². The number of hydrogen-bond donors (Lipinski definition) is 2. The molecule has 1 aromatic carbocycles. The van der Waals surface area contributed by atoms with Gasteiger partial charge in [-0.05, 0) is 82.7 Å². The van der Waals surface area contributed by atoms with Crippen LogP contribution in [-0.4, -0.2) is 64.8 Å². The van der Waals surface area contributed by atoms with E-state index in [1.165, 1.54) is 6.20 Å². The van der Waals surface area contributed by atoms with Crippen LogP contribution in [0.3, 0.4) is 0 Å². The number of likely N-dealkylation sites (tertiary alicyclic amines) is 1. The van der Waals surface area contributed by atoms with Crippen LogP contribution < -0.4 is 14.8 Å². The summed E-state index contributed by atoms with van der Waals surface area (Å²) < 4.78 is 69.0. The lowest BCUT2D eigenvalue weighted by Crippen LogP contribution is -2.47. The number of nitrogens with zero attached hydrogens (tertiary/aromatic N) is 4. The van der Waals surface area contributed by atoms with Crippen LogP contribution in [0.25, 0.3) is 11.3 Å². The van der Waals surface area contributed by atoms with E-state index in [2.05, 4.69) is 25.0 Å². The van der Waals surface area contributed by atoms with E-state index >= 15 is 8.78 Å². The standard InChI is InChI=1S/C32H40F2N6O5S/c1-32(2,3)45-31(41)40-18-8-11-22(19-40)37-30-36-17-15-24(38-30)23-12-7-16-35-29(23)44-26-14-13-25(27(33)28(26)34)39-46(42,43)20-21-9-5-4-6-10-21/h7,12-17,21-22,39H,4-6,8-11,18-20H2,1-3H3,(H,36,37,38). The Balaban J connectivity index is 1.28. The second kappa shape index (κ2) is 14.1. The van der Waals surface area contributed by atoms with Gasteiger partial charge in [0.25, 0.3) is 0 Å². The minimum Gasteiger partial charge on any atom is -0.444 e. The average Bonchev–Trinajstić information content (AvgIpc) is 3.01. The summed E-state index contributed by atoms with van der Waals surface area (Å²) >= 11 is 0. The van der Waals surface area contributed by atoms with Gasteiger partial charge in [0.05, 0.1) is 22.7 Å². The van der Waals surface area contributed by atoms with Gasteiger partial charge in [0.1, 0.15) is 5.60 Å². The number of piperidine rings is 1. The third-order valence-electron chi connectivity index (χ3n) is 7.81. The number of anilines is 2. The fourth-order valence-electron chi connectivity index (χ4n) is 5.68. The molecule has 1 saturated carbocycles. The monoisotopic (exact) mass is 658 g/mol. The first-order valence-electron chi connectivity index (χ1n) is 15.6. The van der Waals surface area contributed by atoms with Crippen LogP contribution in [0.2, 0.25) is 0 Å². The fourth-order valence-corrected chi connectivity index (χ4v) is 7.21. The summed E-state index contributed by atoms with van der Waals surface area (Å²) in [6.45, 7) is 6.48. The second-order valence-electron chi connectivity index (χ2n) is 12.8. The molecule has 2 N–H and O–H groups in total. The molecule has 0 bridgehead atoms. The number of amides is 1. The zero-order valence-electron chi connectivity index (χ0n) is 26.3. The van der Waals surface area contributed by atoms with Crippen molar-refractivity contribution in [2.45, 2.75) is 77.4 Å². The zero-order valence-corrected chi connectivity index (χ0v) is 27.1. The number of halogens is 2. The maximum absolute atomic E-state index is 15.2. The summed E-state index contributed by atoms with van der Waals surface area (Å²) in [7, 11) is -3.87. The molecule has 5 rings (SSSR count). The summed E-state index contributed by atoms with van der Waals surface area (Å²) in [4.78, 5) is 27.4. The van der Waals surface area contributed by atoms with Crippen LogP contribution in [0.5, 0.6) is 11.6 Å². The normalized spacial score (nSPS) is 17.8. The molecule has 3 heterocycles. The van der Waals surface area contributed by atoms with Gasteiger partial charge in [0.15, 0.2) is 11.6 Å². The maximum Gasteiger partial charge on any atom is 0.410 e. The maximum atomic E-state index is 15.2. The molecule has 1 unspecified atom stereocenters. The number of pyridine rings is 1. The molecule has 2 aromatic heterocycles. The lowest BCUT2D eigenvalue weighted by Gasteiger charge is -2.34. The third-order valence-corrected chi connectivity index (χ3v) is 9.25. The van der Waals surface area contributed by atoms with Crippen LogP contribution in [0.4, 0.5) is 25.2 Å². The zero-order chi connectivity index (χ0) is 32.9. The van der Waals surface area contributed by atoms with E-state index in [0.29, 0.717) is 30.3 Å². The van der Waals surface area contributed by atoms with Crippen molar-refractivity contribution in [3.63, 3.8) is 0 Å². The van der Waals surface area contributed by atoms with Crippen molar-refractivity contribution < 1.29 is 31.5 Å². The van der Waals surface area contributed by atoms with Crippen molar-refractivity contribution in [1.29, 1.82) is 0 Å². The first-order chi connectivity index (χ1) is 21.9. The van der Waals surface area contributed by atoms with Gasteiger partial charge in [-0.1, -0.05) is 19.3 Å². The number of aromatic nitrogens is 3. The highest BCUT2D eigenvalue weighted by Gasteiger charge is 2.28. The van der Waals surface area contributed by atoms with E-state index < -0.39 is 38.7 Å². The lowest BCUT2D eigenvalue weighted by atomic mass is 9.91. The predicted molar refractivity (Wildman–Crippen MR) is 170 cm³/mol. The molecule has 11 nitrogen and oxygen atoms in total. The van der Waals surface area contributed by atoms with Gasteiger partial charge in [0, 0.05) is 31.5 Å². The molecule has 2 aliphatic rings. The van der Waals surface area contributed by atoms with Crippen molar-refractivity contribution in [3.8, 4) is 22.9 Å². The topological polar surface area (TPSA) is 136 Å². The van der Waals surface area contributed by atoms with E-state index in [1.54, 1.807) is 29.3 Å². The molecule has 1 aliphatic carbocycles. The Morgan fingerprint density at radius 3 is 2.54 bits per heavy atom. The van der Waals surface area contributed by atoms with Gasteiger partial charge in [-0.25, -0.2) is 32.6 Å². The Hall–Kier alpha value is -4.07. The van der Waals surface area contributed by atoms with Gasteiger partial charge >= 0.3 is 6.09 Å². The number of hydrogen-bond acceptors (Lipinski definition) is 9. The molecule has 0 spiro atoms. The minimum absolute atomic E-state index is 0.00329. The largest absolute Gasteiger partial charge is 0.444 e. The fraction of sp³-hybridized carbons (Fsp3) is 0.500. The highest BCUT2D eigenvalue weighted by atomic mass is 32.2. The van der Waals surface area contributed by atoms with E-state index in [9.17, 15) is 13.2 Å². The van der Waals surface area contributed by atoms with Crippen LogP contribution in [0, 0.1) is 17.6 Å². The molecule has 1 saturated heterocycles. The van der Waals surface area contributed by atoms with E-state index in [4.69, 9.17) is 9.47 Å². The summed E-state index contributed by atoms with van der Waals surface area (Å²) in [5.74, 6) is -3.06. The highest BCUT2D eigenvalue weighted by Crippen LogP contribution is 2.35. The van der Waals surface area contributed by atoms with Gasteiger partial charge in [-0.2, -0.15) is 4.39 Å². The molecule has 1 amide bonds. The Morgan fingerprint density at radius 1 is 1.00 bits per heavy atom.